The molecule has 0 saturated carbocycles. The molecule has 0 aromatic heterocycles. The van der Waals surface area contributed by atoms with E-state index in [1.165, 1.54) is 0 Å². The Hall–Kier alpha value is -1.35. The molecule has 0 amide bonds. The minimum atomic E-state index is -3.54. The summed E-state index contributed by atoms with van der Waals surface area (Å²) in [6, 6.07) is 8.60. The molecule has 0 fully saturated rings. The van der Waals surface area contributed by atoms with Crippen molar-refractivity contribution in [3.63, 3.8) is 0 Å². The number of allylic oxidation sites excluding steroid dienone is 1. The summed E-state index contributed by atoms with van der Waals surface area (Å²) in [7, 11) is -5.66. The van der Waals surface area contributed by atoms with Gasteiger partial charge >= 0.3 is 0 Å². The van der Waals surface area contributed by atoms with Gasteiger partial charge in [0.15, 0.2) is 8.32 Å². The molecule has 5 heteroatoms. The first kappa shape index (κ1) is 21.0. The highest BCUT2D eigenvalue weighted by Crippen LogP contribution is 2.46. The van der Waals surface area contributed by atoms with Gasteiger partial charge in [-0.3, -0.25) is 0 Å². The van der Waals surface area contributed by atoms with E-state index in [0.717, 1.165) is 0 Å². The van der Waals surface area contributed by atoms with Crippen LogP contribution in [0.5, 0.6) is 0 Å². The van der Waals surface area contributed by atoms with E-state index in [2.05, 4.69) is 45.7 Å². The van der Waals surface area contributed by atoms with Crippen LogP contribution in [0.15, 0.2) is 46.2 Å². The zero-order valence-corrected chi connectivity index (χ0v) is 18.7. The highest BCUT2D eigenvalue weighted by Gasteiger charge is 2.48. The summed E-state index contributed by atoms with van der Waals surface area (Å²) in [4.78, 5) is 0.746. The zero-order chi connectivity index (χ0) is 19.8. The van der Waals surface area contributed by atoms with Gasteiger partial charge in [0, 0.05) is 0 Å². The largest absolute Gasteiger partial charge is 0.398 e. The molecule has 0 heterocycles. The molecule has 0 radical (unpaired) electrons. The monoisotopic (exact) mass is 390 g/mol. The van der Waals surface area contributed by atoms with Crippen molar-refractivity contribution in [2.75, 3.05) is 0 Å². The molecule has 3 nitrogen and oxygen atoms in total. The van der Waals surface area contributed by atoms with Gasteiger partial charge in [-0.25, -0.2) is 8.42 Å². The fourth-order valence-corrected chi connectivity index (χ4v) is 6.22. The second-order valence-electron chi connectivity index (χ2n) is 8.60. The van der Waals surface area contributed by atoms with Crippen LogP contribution < -0.4 is 0 Å². The molecule has 0 aliphatic heterocycles. The third-order valence-corrected chi connectivity index (χ3v) is 11.9. The number of hydrogen-bond acceptors (Lipinski definition) is 3. The fraction of sp³-hybridized carbons (Fsp3) is 0.524. The predicted octanol–water partition coefficient (Wildman–Crippen LogP) is 5.17. The molecular formula is C21H30O3SSi. The molecule has 2 atom stereocenters. The molecule has 0 N–H and O–H groups in total. The third kappa shape index (κ3) is 3.98. The van der Waals surface area contributed by atoms with Crippen LogP contribution in [-0.4, -0.2) is 22.3 Å². The summed E-state index contributed by atoms with van der Waals surface area (Å²) in [6.45, 7) is 14.6. The van der Waals surface area contributed by atoms with Gasteiger partial charge in [0.1, 0.15) is 5.60 Å². The van der Waals surface area contributed by atoms with Gasteiger partial charge in [-0.05, 0) is 55.6 Å². The van der Waals surface area contributed by atoms with Crippen molar-refractivity contribution in [1.29, 1.82) is 0 Å². The second-order valence-corrected chi connectivity index (χ2v) is 15.3. The smallest absolute Gasteiger partial charge is 0.202 e. The molecule has 1 aromatic rings. The van der Waals surface area contributed by atoms with Gasteiger partial charge in [0.25, 0.3) is 0 Å². The van der Waals surface area contributed by atoms with E-state index in [0.29, 0.717) is 16.2 Å². The molecule has 26 heavy (non-hydrogen) atoms. The van der Waals surface area contributed by atoms with E-state index in [9.17, 15) is 8.42 Å². The van der Waals surface area contributed by atoms with Crippen LogP contribution >= 0.6 is 0 Å². The van der Waals surface area contributed by atoms with Crippen molar-refractivity contribution in [1.82, 2.24) is 0 Å². The quantitative estimate of drug-likeness (QED) is 0.526. The highest BCUT2D eigenvalue weighted by atomic mass is 32.2. The Kier molecular flexibility index (Phi) is 5.63. The summed E-state index contributed by atoms with van der Waals surface area (Å²) in [5.74, 6) is 6.02. The summed E-state index contributed by atoms with van der Waals surface area (Å²) < 4.78 is 32.9. The molecule has 0 saturated heterocycles. The van der Waals surface area contributed by atoms with Gasteiger partial charge in [-0.15, -0.1) is 5.92 Å². The fourth-order valence-electron chi connectivity index (χ4n) is 3.07. The molecule has 2 rings (SSSR count). The predicted molar refractivity (Wildman–Crippen MR) is 110 cm³/mol. The van der Waals surface area contributed by atoms with Gasteiger partial charge in [-0.2, -0.15) is 0 Å². The SMILES string of the molecule is CC#CC1(O[Si](C)(C)C(C)(C)C)C=C(S(=O)(=O)c2ccccc2)C(C)C1. The van der Waals surface area contributed by atoms with E-state index in [1.54, 1.807) is 37.3 Å². The van der Waals surface area contributed by atoms with E-state index in [4.69, 9.17) is 4.43 Å². The lowest BCUT2D eigenvalue weighted by molar-refractivity contribution is 0.151. The van der Waals surface area contributed by atoms with Crippen molar-refractivity contribution >= 4 is 18.2 Å². The number of benzene rings is 1. The lowest BCUT2D eigenvalue weighted by Crippen LogP contribution is -2.48. The zero-order valence-electron chi connectivity index (χ0n) is 16.9. The van der Waals surface area contributed by atoms with Gasteiger partial charge in [0.05, 0.1) is 9.80 Å². The molecular weight excluding hydrogens is 360 g/mol. The number of sulfone groups is 1. The topological polar surface area (TPSA) is 43.4 Å². The second kappa shape index (κ2) is 6.99. The Morgan fingerprint density at radius 2 is 1.77 bits per heavy atom. The van der Waals surface area contributed by atoms with E-state index in [-0.39, 0.29) is 11.0 Å². The first-order valence-corrected chi connectivity index (χ1v) is 13.4. The Labute approximate surface area is 159 Å². The van der Waals surface area contributed by atoms with E-state index in [1.807, 2.05) is 13.0 Å². The lowest BCUT2D eigenvalue weighted by Gasteiger charge is -2.41. The van der Waals surface area contributed by atoms with Crippen molar-refractivity contribution < 1.29 is 12.8 Å². The van der Waals surface area contributed by atoms with Gasteiger partial charge < -0.3 is 4.43 Å². The maximum absolute atomic E-state index is 13.1. The standard InChI is InChI=1S/C21H30O3SSi/c1-8-14-21(24-26(6,7)20(3,4)5)15-17(2)19(16-21)25(22,23)18-12-10-9-11-13-18/h9-13,16-17H,15H2,1-7H3. The first-order chi connectivity index (χ1) is 11.8. The summed E-state index contributed by atoms with van der Waals surface area (Å²) >= 11 is 0. The summed E-state index contributed by atoms with van der Waals surface area (Å²) in [6.07, 6.45) is 2.35. The van der Waals surface area contributed by atoms with Crippen LogP contribution in [-0.2, 0) is 14.3 Å². The number of hydrogen-bond donors (Lipinski definition) is 0. The minimum absolute atomic E-state index is 0.0214. The summed E-state index contributed by atoms with van der Waals surface area (Å²) in [5, 5.41) is 0.0214. The lowest BCUT2D eigenvalue weighted by atomic mass is 10.0. The van der Waals surface area contributed by atoms with Crippen molar-refractivity contribution in [2.45, 2.75) is 69.7 Å². The Balaban J connectivity index is 2.53. The Morgan fingerprint density at radius 3 is 2.27 bits per heavy atom. The van der Waals surface area contributed by atoms with Crippen LogP contribution in [0.1, 0.15) is 41.0 Å². The van der Waals surface area contributed by atoms with Crippen molar-refractivity contribution in [3.8, 4) is 11.8 Å². The maximum Gasteiger partial charge on any atom is 0.202 e. The molecule has 1 aromatic carbocycles. The molecule has 0 spiro atoms. The number of rotatable bonds is 4. The van der Waals surface area contributed by atoms with E-state index >= 15 is 0 Å². The Morgan fingerprint density at radius 1 is 1.19 bits per heavy atom. The highest BCUT2D eigenvalue weighted by molar-refractivity contribution is 7.95. The van der Waals surface area contributed by atoms with Crippen LogP contribution in [0.2, 0.25) is 18.1 Å². The molecule has 142 valence electrons. The third-order valence-electron chi connectivity index (χ3n) is 5.41. The Bertz CT molecular complexity index is 852. The maximum atomic E-state index is 13.1. The summed E-state index contributed by atoms with van der Waals surface area (Å²) in [5.41, 5.74) is -0.825. The van der Waals surface area contributed by atoms with Crippen LogP contribution in [0, 0.1) is 17.8 Å². The molecule has 0 bridgehead atoms. The first-order valence-electron chi connectivity index (χ1n) is 9.02. The van der Waals surface area contributed by atoms with Crippen LogP contribution in [0.4, 0.5) is 0 Å². The van der Waals surface area contributed by atoms with Crippen molar-refractivity contribution in [3.05, 3.63) is 41.3 Å². The average Bonchev–Trinajstić information content (AvgIpc) is 2.84. The van der Waals surface area contributed by atoms with E-state index < -0.39 is 23.8 Å². The molecule has 1 aliphatic rings. The average molecular weight is 391 g/mol. The normalized spacial score (nSPS) is 24.0. The minimum Gasteiger partial charge on any atom is -0.398 e. The molecule has 1 aliphatic carbocycles. The van der Waals surface area contributed by atoms with Crippen LogP contribution in [0.3, 0.4) is 0 Å². The molecule has 2 unspecified atom stereocenters. The van der Waals surface area contributed by atoms with Crippen molar-refractivity contribution in [2.24, 2.45) is 5.92 Å². The van der Waals surface area contributed by atoms with Crippen LogP contribution in [0.25, 0.3) is 0 Å². The van der Waals surface area contributed by atoms with Gasteiger partial charge in [0.2, 0.25) is 9.84 Å². The van der Waals surface area contributed by atoms with Gasteiger partial charge in [-0.1, -0.05) is 51.8 Å².